The third kappa shape index (κ3) is 5.51. The summed E-state index contributed by atoms with van der Waals surface area (Å²) in [5, 5.41) is 6.72. The molecule has 0 radical (unpaired) electrons. The molecule has 0 heterocycles. The van der Waals surface area contributed by atoms with Crippen LogP contribution in [-0.2, 0) is 16.2 Å². The van der Waals surface area contributed by atoms with Gasteiger partial charge in [-0.15, -0.1) is 0 Å². The number of carbonyl (C=O) groups is 1. The molecule has 6 nitrogen and oxygen atoms in total. The van der Waals surface area contributed by atoms with Gasteiger partial charge in [0.15, 0.2) is 0 Å². The lowest BCUT2D eigenvalue weighted by Crippen LogP contribution is -2.33. The topological polar surface area (TPSA) is 63.2 Å². The summed E-state index contributed by atoms with van der Waals surface area (Å²) < 4.78 is 5.27. The fourth-order valence-corrected chi connectivity index (χ4v) is 2.26. The van der Waals surface area contributed by atoms with E-state index in [9.17, 15) is 4.79 Å². The molecule has 26 heavy (non-hydrogen) atoms. The Morgan fingerprint density at radius 3 is 2.54 bits per heavy atom. The number of para-hydroxylation sites is 1. The Labute approximate surface area is 154 Å². The summed E-state index contributed by atoms with van der Waals surface area (Å²) in [6.07, 6.45) is 0.894. The van der Waals surface area contributed by atoms with Crippen LogP contribution >= 0.6 is 0 Å². The summed E-state index contributed by atoms with van der Waals surface area (Å²) in [4.78, 5) is 19.4. The number of hydrogen-bond acceptors (Lipinski definition) is 5. The molecule has 0 aliphatic rings. The van der Waals surface area contributed by atoms with Gasteiger partial charge >= 0.3 is 0 Å². The van der Waals surface area contributed by atoms with Crippen molar-refractivity contribution in [2.45, 2.75) is 19.6 Å². The maximum absolute atomic E-state index is 12.1. The molecule has 1 amide bonds. The van der Waals surface area contributed by atoms with E-state index in [0.717, 1.165) is 22.6 Å². The first kappa shape index (κ1) is 19.3. The predicted molar refractivity (Wildman–Crippen MR) is 104 cm³/mol. The van der Waals surface area contributed by atoms with Crippen LogP contribution < -0.4 is 15.0 Å². The number of hydrogen-bond donors (Lipinski definition) is 1. The number of nitrogens with zero attached hydrogens (tertiary/aromatic N) is 2. The molecule has 0 fully saturated rings. The zero-order valence-electron chi connectivity index (χ0n) is 15.6. The minimum atomic E-state index is -0.693. The average Bonchev–Trinajstić information content (AvgIpc) is 2.66. The van der Waals surface area contributed by atoms with Crippen LogP contribution in [0.4, 0.5) is 5.69 Å². The average molecular weight is 355 g/mol. The number of nitrogens with one attached hydrogen (secondary N) is 1. The number of ether oxygens (including phenoxy) is 1. The third-order valence-corrected chi connectivity index (χ3v) is 3.85. The second-order valence-electron chi connectivity index (χ2n) is 6.00. The molecular weight excluding hydrogens is 330 g/mol. The molecule has 0 spiro atoms. The molecule has 1 unspecified atom stereocenters. The molecule has 0 aromatic heterocycles. The number of amides is 1. The first-order valence-electron chi connectivity index (χ1n) is 8.37. The molecule has 0 aliphatic carbocycles. The van der Waals surface area contributed by atoms with E-state index < -0.39 is 6.10 Å². The molecule has 2 rings (SSSR count). The van der Waals surface area contributed by atoms with Gasteiger partial charge in [0.25, 0.3) is 5.91 Å². The Hall–Kier alpha value is -3.02. The Balaban J connectivity index is 1.83. The van der Waals surface area contributed by atoms with Crippen molar-refractivity contribution in [3.05, 3.63) is 59.7 Å². The zero-order valence-corrected chi connectivity index (χ0v) is 15.6. The van der Waals surface area contributed by atoms with Gasteiger partial charge < -0.3 is 19.8 Å². The molecule has 0 saturated carbocycles. The Kier molecular flexibility index (Phi) is 7.02. The minimum absolute atomic E-state index is 0.240. The fourth-order valence-electron chi connectivity index (χ4n) is 2.26. The largest absolute Gasteiger partial charge is 0.496 e. The summed E-state index contributed by atoms with van der Waals surface area (Å²) in [6, 6.07) is 15.4. The van der Waals surface area contributed by atoms with Gasteiger partial charge in [-0.25, -0.2) is 0 Å². The third-order valence-electron chi connectivity index (χ3n) is 3.85. The smallest absolute Gasteiger partial charge is 0.263 e. The predicted octanol–water partition coefficient (Wildman–Crippen LogP) is 2.82. The van der Waals surface area contributed by atoms with Gasteiger partial charge in [-0.3, -0.25) is 4.79 Å². The van der Waals surface area contributed by atoms with Crippen molar-refractivity contribution in [2.75, 3.05) is 26.1 Å². The molecule has 0 bridgehead atoms. The molecular formula is C20H25N3O3. The van der Waals surface area contributed by atoms with Gasteiger partial charge in [-0.2, -0.15) is 0 Å². The van der Waals surface area contributed by atoms with Gasteiger partial charge in [0.2, 0.25) is 6.10 Å². The van der Waals surface area contributed by atoms with E-state index in [1.165, 1.54) is 0 Å². The van der Waals surface area contributed by atoms with E-state index in [1.807, 2.05) is 67.5 Å². The highest BCUT2D eigenvalue weighted by molar-refractivity contribution is 5.81. The van der Waals surface area contributed by atoms with E-state index in [0.29, 0.717) is 6.54 Å². The number of methoxy groups -OCH3 is 1. The van der Waals surface area contributed by atoms with Crippen molar-refractivity contribution in [2.24, 2.45) is 5.16 Å². The Morgan fingerprint density at radius 1 is 1.19 bits per heavy atom. The minimum Gasteiger partial charge on any atom is -0.496 e. The number of anilines is 1. The lowest BCUT2D eigenvalue weighted by atomic mass is 10.2. The summed E-state index contributed by atoms with van der Waals surface area (Å²) in [5.74, 6) is 0.497. The number of oxime groups is 1. The summed E-state index contributed by atoms with van der Waals surface area (Å²) in [5.41, 5.74) is 2.91. The first-order chi connectivity index (χ1) is 12.5. The molecule has 6 heteroatoms. The van der Waals surface area contributed by atoms with Gasteiger partial charge in [0.05, 0.1) is 13.3 Å². The highest BCUT2D eigenvalue weighted by atomic mass is 16.6. The van der Waals surface area contributed by atoms with Crippen molar-refractivity contribution in [3.63, 3.8) is 0 Å². The summed E-state index contributed by atoms with van der Waals surface area (Å²) in [6.45, 7) is 2.02. The maximum atomic E-state index is 12.1. The second-order valence-corrected chi connectivity index (χ2v) is 6.00. The van der Waals surface area contributed by atoms with E-state index in [2.05, 4.69) is 10.5 Å². The SMILES string of the molecule is COc1ccccc1CNC(=O)C(C)O/N=C/c1ccc(N(C)C)cc1. The van der Waals surface area contributed by atoms with Crippen LogP contribution in [0.2, 0.25) is 0 Å². The zero-order chi connectivity index (χ0) is 18.9. The van der Waals surface area contributed by atoms with Crippen LogP contribution in [0, 0.1) is 0 Å². The number of rotatable bonds is 8. The van der Waals surface area contributed by atoms with Crippen LogP contribution in [0.25, 0.3) is 0 Å². The summed E-state index contributed by atoms with van der Waals surface area (Å²) in [7, 11) is 5.57. The molecule has 1 N–H and O–H groups in total. The molecule has 0 aliphatic heterocycles. The first-order valence-corrected chi connectivity index (χ1v) is 8.37. The monoisotopic (exact) mass is 355 g/mol. The van der Waals surface area contributed by atoms with E-state index in [-0.39, 0.29) is 5.91 Å². The summed E-state index contributed by atoms with van der Waals surface area (Å²) >= 11 is 0. The van der Waals surface area contributed by atoms with Gasteiger partial charge in [0, 0.05) is 31.9 Å². The van der Waals surface area contributed by atoms with Crippen molar-refractivity contribution in [1.29, 1.82) is 0 Å². The Bertz CT molecular complexity index is 742. The quantitative estimate of drug-likeness (QED) is 0.584. The maximum Gasteiger partial charge on any atom is 0.263 e. The van der Waals surface area contributed by atoms with Crippen LogP contribution in [-0.4, -0.2) is 39.4 Å². The van der Waals surface area contributed by atoms with Crippen LogP contribution in [0.5, 0.6) is 5.75 Å². The fraction of sp³-hybridized carbons (Fsp3) is 0.300. The highest BCUT2D eigenvalue weighted by Gasteiger charge is 2.14. The van der Waals surface area contributed by atoms with E-state index in [4.69, 9.17) is 9.57 Å². The lowest BCUT2D eigenvalue weighted by Gasteiger charge is -2.13. The Morgan fingerprint density at radius 2 is 1.88 bits per heavy atom. The molecule has 0 saturated heterocycles. The molecule has 2 aromatic carbocycles. The van der Waals surface area contributed by atoms with Crippen LogP contribution in [0.3, 0.4) is 0 Å². The molecule has 1 atom stereocenters. The van der Waals surface area contributed by atoms with Gasteiger partial charge in [-0.1, -0.05) is 35.5 Å². The van der Waals surface area contributed by atoms with Crippen molar-refractivity contribution >= 4 is 17.8 Å². The highest BCUT2D eigenvalue weighted by Crippen LogP contribution is 2.16. The molecule has 2 aromatic rings. The van der Waals surface area contributed by atoms with Crippen molar-refractivity contribution in [1.82, 2.24) is 5.32 Å². The van der Waals surface area contributed by atoms with Gasteiger partial charge in [-0.05, 0) is 30.7 Å². The standard InChI is InChI=1S/C20H25N3O3/c1-15(20(24)21-14-17-7-5-6-8-19(17)25-4)26-22-13-16-9-11-18(12-10-16)23(2)3/h5-13,15H,14H2,1-4H3,(H,21,24)/b22-13+. The van der Waals surface area contributed by atoms with E-state index in [1.54, 1.807) is 20.2 Å². The van der Waals surface area contributed by atoms with Crippen LogP contribution in [0.15, 0.2) is 53.7 Å². The number of carbonyl (C=O) groups excluding carboxylic acids is 1. The van der Waals surface area contributed by atoms with Gasteiger partial charge in [0.1, 0.15) is 5.75 Å². The normalized spacial score (nSPS) is 11.8. The lowest BCUT2D eigenvalue weighted by molar-refractivity contribution is -0.131. The molecule has 138 valence electrons. The number of benzene rings is 2. The van der Waals surface area contributed by atoms with Crippen LogP contribution in [0.1, 0.15) is 18.1 Å². The van der Waals surface area contributed by atoms with E-state index >= 15 is 0 Å². The van der Waals surface area contributed by atoms with Crippen molar-refractivity contribution < 1.29 is 14.4 Å². The second kappa shape index (κ2) is 9.46. The van der Waals surface area contributed by atoms with Crippen molar-refractivity contribution in [3.8, 4) is 5.75 Å².